The molecule has 1 aliphatic carbocycles. The summed E-state index contributed by atoms with van der Waals surface area (Å²) in [6.45, 7) is 6.79. The van der Waals surface area contributed by atoms with Crippen molar-refractivity contribution in [2.45, 2.75) is 70.7 Å². The van der Waals surface area contributed by atoms with E-state index in [1.165, 1.54) is 12.1 Å². The van der Waals surface area contributed by atoms with Gasteiger partial charge in [0.1, 0.15) is 17.7 Å². The minimum absolute atomic E-state index is 0.147. The van der Waals surface area contributed by atoms with E-state index >= 15 is 0 Å². The van der Waals surface area contributed by atoms with E-state index in [1.54, 1.807) is 13.2 Å². The average Bonchev–Trinajstić information content (AvgIpc) is 3.43. The molecule has 192 valence electrons. The SMILES string of the molecule is COC(CCC1(N)CC1)C(=O)N[C@@H](c1nc(-c2cccc(F)c2)cn1Cc1ccccc1)C(C)(C)C. The molecule has 7 heteroatoms. The molecule has 0 bridgehead atoms. The van der Waals surface area contributed by atoms with E-state index in [2.05, 4.69) is 38.2 Å². The molecule has 4 rings (SSSR count). The number of nitrogens with two attached hydrogens (primary N) is 1. The molecular formula is C29H37FN4O2. The Morgan fingerprint density at radius 2 is 1.92 bits per heavy atom. The van der Waals surface area contributed by atoms with Crippen LogP contribution in [0, 0.1) is 11.2 Å². The van der Waals surface area contributed by atoms with Crippen LogP contribution < -0.4 is 11.1 Å². The number of rotatable bonds is 10. The molecule has 3 N–H and O–H groups in total. The summed E-state index contributed by atoms with van der Waals surface area (Å²) in [5.74, 6) is 0.221. The van der Waals surface area contributed by atoms with Crippen LogP contribution in [0.2, 0.25) is 0 Å². The van der Waals surface area contributed by atoms with Crippen LogP contribution in [0.3, 0.4) is 0 Å². The zero-order valence-corrected chi connectivity index (χ0v) is 21.6. The van der Waals surface area contributed by atoms with E-state index in [0.717, 1.165) is 24.8 Å². The summed E-state index contributed by atoms with van der Waals surface area (Å²) in [4.78, 5) is 18.3. The molecule has 6 nitrogen and oxygen atoms in total. The maximum Gasteiger partial charge on any atom is 0.249 e. The van der Waals surface area contributed by atoms with Gasteiger partial charge in [-0.3, -0.25) is 4.79 Å². The summed E-state index contributed by atoms with van der Waals surface area (Å²) >= 11 is 0. The van der Waals surface area contributed by atoms with E-state index in [4.69, 9.17) is 15.5 Å². The predicted molar refractivity (Wildman–Crippen MR) is 140 cm³/mol. The van der Waals surface area contributed by atoms with Crippen LogP contribution in [0.25, 0.3) is 11.3 Å². The van der Waals surface area contributed by atoms with Gasteiger partial charge >= 0.3 is 0 Å². The number of halogens is 1. The normalized spacial score (nSPS) is 16.4. The van der Waals surface area contributed by atoms with E-state index < -0.39 is 12.1 Å². The molecule has 0 spiro atoms. The number of aromatic nitrogens is 2. The molecule has 0 saturated heterocycles. The Bertz CT molecular complexity index is 1180. The van der Waals surface area contributed by atoms with Gasteiger partial charge in [-0.15, -0.1) is 0 Å². The van der Waals surface area contributed by atoms with Crippen molar-refractivity contribution in [2.24, 2.45) is 11.1 Å². The third kappa shape index (κ3) is 6.39. The van der Waals surface area contributed by atoms with Crippen molar-refractivity contribution >= 4 is 5.91 Å². The topological polar surface area (TPSA) is 82.2 Å². The predicted octanol–water partition coefficient (Wildman–Crippen LogP) is 5.23. The first-order valence-electron chi connectivity index (χ1n) is 12.6. The number of hydrogen-bond donors (Lipinski definition) is 2. The summed E-state index contributed by atoms with van der Waals surface area (Å²) in [5, 5.41) is 3.22. The smallest absolute Gasteiger partial charge is 0.249 e. The van der Waals surface area contributed by atoms with Gasteiger partial charge in [0.2, 0.25) is 5.91 Å². The third-order valence-electron chi connectivity index (χ3n) is 6.91. The largest absolute Gasteiger partial charge is 0.372 e. The lowest BCUT2D eigenvalue weighted by Gasteiger charge is -2.32. The summed E-state index contributed by atoms with van der Waals surface area (Å²) in [6, 6.07) is 16.1. The second-order valence-corrected chi connectivity index (χ2v) is 11.0. The number of nitrogens with zero attached hydrogens (tertiary/aromatic N) is 2. The maximum atomic E-state index is 14.0. The Balaban J connectivity index is 1.67. The van der Waals surface area contributed by atoms with Gasteiger partial charge in [0.05, 0.1) is 11.7 Å². The van der Waals surface area contributed by atoms with Crippen molar-refractivity contribution in [2.75, 3.05) is 7.11 Å². The molecule has 0 radical (unpaired) electrons. The molecule has 2 aromatic carbocycles. The second-order valence-electron chi connectivity index (χ2n) is 11.0. The van der Waals surface area contributed by atoms with Gasteiger partial charge in [-0.05, 0) is 48.8 Å². The van der Waals surface area contributed by atoms with Gasteiger partial charge in [0, 0.05) is 31.0 Å². The summed E-state index contributed by atoms with van der Waals surface area (Å²) in [5.41, 5.74) is 8.20. The zero-order chi connectivity index (χ0) is 25.9. The average molecular weight is 493 g/mol. The Kier molecular flexibility index (Phi) is 7.62. The van der Waals surface area contributed by atoms with E-state index in [9.17, 15) is 9.18 Å². The minimum Gasteiger partial charge on any atom is -0.372 e. The van der Waals surface area contributed by atoms with Crippen LogP contribution in [0.1, 0.15) is 63.9 Å². The zero-order valence-electron chi connectivity index (χ0n) is 21.6. The number of carbonyl (C=O) groups excluding carboxylic acids is 1. The lowest BCUT2D eigenvalue weighted by atomic mass is 9.85. The highest BCUT2D eigenvalue weighted by molar-refractivity contribution is 5.81. The quantitative estimate of drug-likeness (QED) is 0.406. The van der Waals surface area contributed by atoms with Gasteiger partial charge in [-0.2, -0.15) is 0 Å². The molecule has 2 atom stereocenters. The standard InChI is InChI=1S/C29H37FN4O2/c1-28(2,3)25(33-27(35)24(36-4)13-14-29(31)15-16-29)26-32-23(21-11-8-12-22(30)17-21)19-34(26)18-20-9-6-5-7-10-20/h5-12,17,19,24-25H,13-16,18,31H2,1-4H3,(H,33,35)/t24?,25-/m0/s1. The Morgan fingerprint density at radius 1 is 1.19 bits per heavy atom. The Labute approximate surface area is 213 Å². The number of methoxy groups -OCH3 is 1. The first-order valence-corrected chi connectivity index (χ1v) is 12.6. The molecule has 1 aliphatic rings. The van der Waals surface area contributed by atoms with Crippen LogP contribution in [0.15, 0.2) is 60.8 Å². The van der Waals surface area contributed by atoms with Gasteiger partial charge < -0.3 is 20.4 Å². The highest BCUT2D eigenvalue weighted by Crippen LogP contribution is 2.38. The third-order valence-corrected chi connectivity index (χ3v) is 6.91. The summed E-state index contributed by atoms with van der Waals surface area (Å²) in [6.07, 6.45) is 4.66. The molecule has 1 amide bonds. The molecular weight excluding hydrogens is 455 g/mol. The lowest BCUT2D eigenvalue weighted by molar-refractivity contribution is -0.133. The van der Waals surface area contributed by atoms with Gasteiger partial charge in [0.25, 0.3) is 0 Å². The van der Waals surface area contributed by atoms with Crippen LogP contribution >= 0.6 is 0 Å². The number of hydrogen-bond acceptors (Lipinski definition) is 4. The number of benzene rings is 2. The molecule has 1 aromatic heterocycles. The summed E-state index contributed by atoms with van der Waals surface area (Å²) < 4.78 is 21.6. The number of amides is 1. The van der Waals surface area contributed by atoms with E-state index in [1.807, 2.05) is 35.0 Å². The van der Waals surface area contributed by atoms with Crippen LogP contribution in [-0.2, 0) is 16.1 Å². The highest BCUT2D eigenvalue weighted by Gasteiger charge is 2.39. The molecule has 1 heterocycles. The fourth-order valence-corrected chi connectivity index (χ4v) is 4.44. The number of carbonyl (C=O) groups is 1. The van der Waals surface area contributed by atoms with Crippen LogP contribution in [0.5, 0.6) is 0 Å². The Morgan fingerprint density at radius 3 is 2.53 bits per heavy atom. The molecule has 0 aliphatic heterocycles. The maximum absolute atomic E-state index is 14.0. The van der Waals surface area contributed by atoms with Gasteiger partial charge in [0.15, 0.2) is 0 Å². The van der Waals surface area contributed by atoms with Crippen LogP contribution in [0.4, 0.5) is 4.39 Å². The van der Waals surface area contributed by atoms with Gasteiger partial charge in [-0.1, -0.05) is 63.2 Å². The lowest BCUT2D eigenvalue weighted by Crippen LogP contribution is -2.44. The molecule has 1 unspecified atom stereocenters. The van der Waals surface area contributed by atoms with Crippen molar-refractivity contribution in [3.05, 3.63) is 78.0 Å². The van der Waals surface area contributed by atoms with E-state index in [0.29, 0.717) is 30.0 Å². The fourth-order valence-electron chi connectivity index (χ4n) is 4.44. The highest BCUT2D eigenvalue weighted by atomic mass is 19.1. The van der Waals surface area contributed by atoms with Crippen LogP contribution in [-0.4, -0.2) is 34.2 Å². The minimum atomic E-state index is -0.587. The van der Waals surface area contributed by atoms with Crippen molar-refractivity contribution in [1.82, 2.24) is 14.9 Å². The van der Waals surface area contributed by atoms with Crippen molar-refractivity contribution in [3.63, 3.8) is 0 Å². The molecule has 1 fully saturated rings. The van der Waals surface area contributed by atoms with E-state index in [-0.39, 0.29) is 22.7 Å². The van der Waals surface area contributed by atoms with Crippen molar-refractivity contribution in [1.29, 1.82) is 0 Å². The van der Waals surface area contributed by atoms with Crippen molar-refractivity contribution in [3.8, 4) is 11.3 Å². The van der Waals surface area contributed by atoms with Crippen molar-refractivity contribution < 1.29 is 13.9 Å². The Hall–Kier alpha value is -3.03. The molecule has 36 heavy (non-hydrogen) atoms. The molecule has 3 aromatic rings. The number of ether oxygens (including phenoxy) is 1. The number of imidazole rings is 1. The molecule has 1 saturated carbocycles. The first kappa shape index (κ1) is 26.0. The number of nitrogens with one attached hydrogen (secondary N) is 1. The second kappa shape index (κ2) is 10.5. The fraction of sp³-hybridized carbons (Fsp3) is 0.448. The summed E-state index contributed by atoms with van der Waals surface area (Å²) in [7, 11) is 1.56. The van der Waals surface area contributed by atoms with Gasteiger partial charge in [-0.25, -0.2) is 9.37 Å². The first-order chi connectivity index (χ1) is 17.1. The monoisotopic (exact) mass is 492 g/mol.